The molecule has 8 nitrogen and oxygen atoms in total. The first-order valence-corrected chi connectivity index (χ1v) is 28.1. The lowest BCUT2D eigenvalue weighted by molar-refractivity contribution is -0.870. The number of unbranched alkanes of at least 4 members (excludes halogenated alkanes) is 20. The second-order valence-electron chi connectivity index (χ2n) is 18.8. The molecule has 0 aromatic heterocycles. The molecule has 3 unspecified atom stereocenters. The quantitative estimate of drug-likeness (QED) is 0.0272. The zero-order valence-corrected chi connectivity index (χ0v) is 44.0. The second kappa shape index (κ2) is 47.5. The van der Waals surface area contributed by atoms with Crippen molar-refractivity contribution in [2.75, 3.05) is 40.9 Å². The van der Waals surface area contributed by atoms with Gasteiger partial charge in [0.25, 0.3) is 7.82 Å². The van der Waals surface area contributed by atoms with Crippen LogP contribution >= 0.6 is 7.82 Å². The van der Waals surface area contributed by atoms with Crippen molar-refractivity contribution in [3.8, 4) is 0 Å². The van der Waals surface area contributed by atoms with E-state index in [9.17, 15) is 19.4 Å². The van der Waals surface area contributed by atoms with Gasteiger partial charge in [-0.05, 0) is 89.9 Å². The topological polar surface area (TPSA) is 108 Å². The van der Waals surface area contributed by atoms with Gasteiger partial charge in [0.15, 0.2) is 0 Å². The Bertz CT molecular complexity index is 1390. The van der Waals surface area contributed by atoms with Crippen LogP contribution in [0.5, 0.6) is 0 Å². The van der Waals surface area contributed by atoms with E-state index in [-0.39, 0.29) is 12.5 Å². The first-order valence-electron chi connectivity index (χ1n) is 26.6. The normalized spacial score (nSPS) is 14.8. The Morgan fingerprint density at radius 3 is 1.41 bits per heavy atom. The second-order valence-corrected chi connectivity index (χ2v) is 20.2. The van der Waals surface area contributed by atoms with Gasteiger partial charge in [-0.1, -0.05) is 207 Å². The maximum atomic E-state index is 12.9. The zero-order valence-electron chi connectivity index (χ0n) is 43.1. The van der Waals surface area contributed by atoms with Crippen LogP contribution in [0.4, 0.5) is 0 Å². The first kappa shape index (κ1) is 63.4. The van der Waals surface area contributed by atoms with E-state index in [0.717, 1.165) is 83.5 Å². The van der Waals surface area contributed by atoms with Crippen molar-refractivity contribution >= 4 is 13.7 Å². The molecule has 0 spiro atoms. The largest absolute Gasteiger partial charge is 0.756 e. The van der Waals surface area contributed by atoms with Gasteiger partial charge in [0, 0.05) is 6.42 Å². The number of nitrogens with one attached hydrogen (secondary N) is 1. The van der Waals surface area contributed by atoms with Gasteiger partial charge in [0.2, 0.25) is 5.91 Å². The molecule has 9 heteroatoms. The molecular formula is C57H101N2O6P. The van der Waals surface area contributed by atoms with Crippen LogP contribution < -0.4 is 10.2 Å². The van der Waals surface area contributed by atoms with Crippen LogP contribution in [0.25, 0.3) is 0 Å². The van der Waals surface area contributed by atoms with Gasteiger partial charge in [-0.25, -0.2) is 0 Å². The average molecular weight is 941 g/mol. The smallest absolute Gasteiger partial charge is 0.268 e. The van der Waals surface area contributed by atoms with Gasteiger partial charge in [0.05, 0.1) is 39.9 Å². The Hall–Kier alpha value is -2.58. The molecular weight excluding hydrogens is 840 g/mol. The number of quaternary nitrogens is 1. The molecule has 0 aromatic carbocycles. The molecule has 0 aliphatic rings. The Balaban J connectivity index is 4.15. The number of allylic oxidation sites excluding steroid dienone is 15. The SMILES string of the molecule is CC/C=C\C/C=C\C/C=C\C/C=C\C/C=C\CCCCCCCCCCCCCCCCCC(=O)NC(COP(=O)([O-])OCC[N+](C)(C)C)C(O)/C=C/CC/C=C/CC/C=C/CCCCC. The minimum atomic E-state index is -4.61. The maximum absolute atomic E-state index is 12.9. The van der Waals surface area contributed by atoms with Crippen molar-refractivity contribution in [3.05, 3.63) is 97.2 Å². The number of amides is 1. The third kappa shape index (κ3) is 49.3. The monoisotopic (exact) mass is 941 g/mol. The number of hydrogen-bond acceptors (Lipinski definition) is 6. The van der Waals surface area contributed by atoms with E-state index in [1.807, 2.05) is 27.2 Å². The standard InChI is InChI=1S/C57H101N2O6P/c1-6-8-10-12-14-16-18-20-21-22-23-24-25-26-27-28-29-30-31-32-33-34-35-36-37-39-41-43-45-47-49-51-57(61)58-55(54-65-66(62,63)64-53-52-59(3,4)5)56(60)50-48-46-44-42-40-38-19-17-15-13-11-9-7-2/h8,10,14-17,20-21,23-24,26-27,40,42,48,50,55-56,60H,6-7,9,11-13,18-19,22,25,28-39,41,43-47,49,51-54H2,1-5H3,(H-,58,61,62,63)/b10-8-,16-14-,17-15+,21-20-,24-23-,27-26-,42-40+,50-48+. The van der Waals surface area contributed by atoms with Crippen molar-refractivity contribution in [2.45, 2.75) is 219 Å². The lowest BCUT2D eigenvalue weighted by atomic mass is 10.0. The minimum Gasteiger partial charge on any atom is -0.756 e. The molecule has 2 N–H and O–H groups in total. The number of aliphatic hydroxyl groups is 1. The highest BCUT2D eigenvalue weighted by Crippen LogP contribution is 2.38. The van der Waals surface area contributed by atoms with Gasteiger partial charge < -0.3 is 28.8 Å². The van der Waals surface area contributed by atoms with E-state index in [1.54, 1.807) is 6.08 Å². The van der Waals surface area contributed by atoms with E-state index in [2.05, 4.69) is 104 Å². The van der Waals surface area contributed by atoms with Crippen LogP contribution in [-0.2, 0) is 18.4 Å². The molecule has 0 saturated carbocycles. The molecule has 0 fully saturated rings. The molecule has 1 amide bonds. The van der Waals surface area contributed by atoms with Gasteiger partial charge in [0.1, 0.15) is 13.2 Å². The third-order valence-corrected chi connectivity index (χ3v) is 12.2. The molecule has 0 heterocycles. The van der Waals surface area contributed by atoms with Crippen LogP contribution in [0.15, 0.2) is 97.2 Å². The zero-order chi connectivity index (χ0) is 48.5. The third-order valence-electron chi connectivity index (χ3n) is 11.3. The van der Waals surface area contributed by atoms with E-state index in [0.29, 0.717) is 17.4 Å². The Morgan fingerprint density at radius 2 is 0.939 bits per heavy atom. The lowest BCUT2D eigenvalue weighted by Crippen LogP contribution is -2.45. The summed E-state index contributed by atoms with van der Waals surface area (Å²) in [6.07, 6.45) is 67.7. The molecule has 0 saturated heterocycles. The summed E-state index contributed by atoms with van der Waals surface area (Å²) in [5.41, 5.74) is 0. The van der Waals surface area contributed by atoms with Crippen molar-refractivity contribution in [1.29, 1.82) is 0 Å². The van der Waals surface area contributed by atoms with Crippen LogP contribution in [-0.4, -0.2) is 68.5 Å². The van der Waals surface area contributed by atoms with Crippen molar-refractivity contribution in [3.63, 3.8) is 0 Å². The summed E-state index contributed by atoms with van der Waals surface area (Å²) in [6.45, 7) is 4.46. The first-order chi connectivity index (χ1) is 32.0. The number of carbonyl (C=O) groups excluding carboxylic acids is 1. The number of phosphoric acid groups is 1. The van der Waals surface area contributed by atoms with E-state index in [1.165, 1.54) is 103 Å². The highest BCUT2D eigenvalue weighted by molar-refractivity contribution is 7.45. The maximum Gasteiger partial charge on any atom is 0.268 e. The highest BCUT2D eigenvalue weighted by atomic mass is 31.2. The fourth-order valence-corrected chi connectivity index (χ4v) is 7.82. The van der Waals surface area contributed by atoms with Gasteiger partial charge in [-0.15, -0.1) is 0 Å². The van der Waals surface area contributed by atoms with Gasteiger partial charge >= 0.3 is 0 Å². The molecule has 0 radical (unpaired) electrons. The number of hydrogen-bond donors (Lipinski definition) is 2. The Morgan fingerprint density at radius 1 is 0.545 bits per heavy atom. The molecule has 0 rings (SSSR count). The number of phosphoric ester groups is 1. The van der Waals surface area contributed by atoms with Crippen molar-refractivity contribution < 1.29 is 32.9 Å². The Labute approximate surface area is 407 Å². The van der Waals surface area contributed by atoms with Crippen molar-refractivity contribution in [2.24, 2.45) is 0 Å². The fraction of sp³-hybridized carbons (Fsp3) is 0.702. The summed E-state index contributed by atoms with van der Waals surface area (Å²) in [5, 5.41) is 13.8. The van der Waals surface area contributed by atoms with E-state index >= 15 is 0 Å². The van der Waals surface area contributed by atoms with Crippen LogP contribution in [0, 0.1) is 0 Å². The fourth-order valence-electron chi connectivity index (χ4n) is 7.09. The summed E-state index contributed by atoms with van der Waals surface area (Å²) in [4.78, 5) is 25.4. The number of rotatable bonds is 47. The predicted molar refractivity (Wildman–Crippen MR) is 283 cm³/mol. The molecule has 0 aromatic rings. The summed E-state index contributed by atoms with van der Waals surface area (Å²) < 4.78 is 23.2. The summed E-state index contributed by atoms with van der Waals surface area (Å²) >= 11 is 0. The van der Waals surface area contributed by atoms with E-state index in [4.69, 9.17) is 9.05 Å². The number of nitrogens with zero attached hydrogens (tertiary/aromatic N) is 1. The van der Waals surface area contributed by atoms with Crippen molar-refractivity contribution in [1.82, 2.24) is 5.32 Å². The predicted octanol–water partition coefficient (Wildman–Crippen LogP) is 15.2. The summed E-state index contributed by atoms with van der Waals surface area (Å²) in [6, 6.07) is -0.914. The average Bonchev–Trinajstić information content (AvgIpc) is 3.28. The minimum absolute atomic E-state index is 0.0127. The van der Waals surface area contributed by atoms with Gasteiger partial charge in [-0.2, -0.15) is 0 Å². The molecule has 3 atom stereocenters. The van der Waals surface area contributed by atoms with Crippen LogP contribution in [0.1, 0.15) is 206 Å². The van der Waals surface area contributed by atoms with Crippen LogP contribution in [0.3, 0.4) is 0 Å². The lowest BCUT2D eigenvalue weighted by Gasteiger charge is -2.29. The number of likely N-dealkylation sites (N-methyl/N-ethyl adjacent to an activating group) is 1. The van der Waals surface area contributed by atoms with Gasteiger partial charge in [-0.3, -0.25) is 9.36 Å². The van der Waals surface area contributed by atoms with Crippen LogP contribution in [0.2, 0.25) is 0 Å². The molecule has 380 valence electrons. The molecule has 0 bridgehead atoms. The number of carbonyl (C=O) groups is 1. The summed E-state index contributed by atoms with van der Waals surface area (Å²) in [7, 11) is 1.22. The molecule has 0 aliphatic carbocycles. The Kier molecular flexibility index (Phi) is 45.6. The molecule has 0 aliphatic heterocycles. The molecule has 66 heavy (non-hydrogen) atoms. The number of aliphatic hydroxyl groups excluding tert-OH is 1. The van der Waals surface area contributed by atoms with E-state index < -0.39 is 26.6 Å². The highest BCUT2D eigenvalue weighted by Gasteiger charge is 2.23. The summed E-state index contributed by atoms with van der Waals surface area (Å²) in [5.74, 6) is -0.216.